The second-order valence-corrected chi connectivity index (χ2v) is 8.93. The van der Waals surface area contributed by atoms with Gasteiger partial charge >= 0.3 is 0 Å². The summed E-state index contributed by atoms with van der Waals surface area (Å²) in [5.41, 5.74) is 1.47. The zero-order valence-corrected chi connectivity index (χ0v) is 21.9. The van der Waals surface area contributed by atoms with Gasteiger partial charge in [0.1, 0.15) is 5.75 Å². The lowest BCUT2D eigenvalue weighted by molar-refractivity contribution is -0.858. The molecule has 9 heteroatoms. The fourth-order valence-electron chi connectivity index (χ4n) is 4.48. The molecule has 0 aromatic heterocycles. The summed E-state index contributed by atoms with van der Waals surface area (Å²) in [4.78, 5) is 29.2. The van der Waals surface area contributed by atoms with Crippen LogP contribution in [0, 0.1) is 6.92 Å². The molecule has 0 saturated carbocycles. The number of hydrogen-bond acceptors (Lipinski definition) is 7. The SMILES string of the molecule is COc1ccc(/C([O-])=C2\C(=O)C(=O)N(CCC[NH+](C)C)C2c2cc(OC)c(OC)c(OC)c2)cc1C. The van der Waals surface area contributed by atoms with Crippen molar-refractivity contribution < 1.29 is 38.5 Å². The van der Waals surface area contributed by atoms with Gasteiger partial charge in [0, 0.05) is 18.5 Å². The predicted molar refractivity (Wildman–Crippen MR) is 133 cm³/mol. The second-order valence-electron chi connectivity index (χ2n) is 8.93. The van der Waals surface area contributed by atoms with E-state index >= 15 is 0 Å². The Labute approximate surface area is 211 Å². The first-order valence-electron chi connectivity index (χ1n) is 11.7. The molecule has 1 aliphatic heterocycles. The van der Waals surface area contributed by atoms with Gasteiger partial charge in [0.05, 0.1) is 55.1 Å². The van der Waals surface area contributed by atoms with E-state index < -0.39 is 23.5 Å². The summed E-state index contributed by atoms with van der Waals surface area (Å²) in [6.07, 6.45) is 0.658. The molecular weight excluding hydrogens is 464 g/mol. The third-order valence-corrected chi connectivity index (χ3v) is 6.27. The van der Waals surface area contributed by atoms with E-state index in [0.29, 0.717) is 47.1 Å². The van der Waals surface area contributed by atoms with Crippen molar-refractivity contribution in [3.8, 4) is 23.0 Å². The summed E-state index contributed by atoms with van der Waals surface area (Å²) in [6, 6.07) is 7.39. The number of amides is 1. The molecule has 0 aliphatic carbocycles. The molecule has 0 radical (unpaired) electrons. The van der Waals surface area contributed by atoms with Gasteiger partial charge in [-0.25, -0.2) is 0 Å². The minimum absolute atomic E-state index is 0.101. The van der Waals surface area contributed by atoms with E-state index in [2.05, 4.69) is 0 Å². The molecular formula is C27H34N2O7. The third kappa shape index (κ3) is 5.11. The molecule has 1 saturated heterocycles. The van der Waals surface area contributed by atoms with Crippen LogP contribution in [0.3, 0.4) is 0 Å². The quantitative estimate of drug-likeness (QED) is 0.294. The Bertz CT molecular complexity index is 1150. The van der Waals surface area contributed by atoms with Gasteiger partial charge in [-0.05, 0) is 47.9 Å². The van der Waals surface area contributed by atoms with Crippen LogP contribution >= 0.6 is 0 Å². The van der Waals surface area contributed by atoms with Crippen molar-refractivity contribution in [3.63, 3.8) is 0 Å². The summed E-state index contributed by atoms with van der Waals surface area (Å²) in [5.74, 6) is -0.272. The Hall–Kier alpha value is -3.72. The van der Waals surface area contributed by atoms with Crippen LogP contribution in [0.4, 0.5) is 0 Å². The summed E-state index contributed by atoms with van der Waals surface area (Å²) in [5, 5.41) is 13.7. The van der Waals surface area contributed by atoms with Crippen molar-refractivity contribution in [2.45, 2.75) is 19.4 Å². The van der Waals surface area contributed by atoms with E-state index in [-0.39, 0.29) is 5.57 Å². The number of likely N-dealkylation sites (tertiary alicyclic amines) is 1. The average Bonchev–Trinajstić information content (AvgIpc) is 3.12. The van der Waals surface area contributed by atoms with Crippen molar-refractivity contribution in [2.75, 3.05) is 55.6 Å². The number of rotatable bonds is 10. The molecule has 1 fully saturated rings. The molecule has 0 bridgehead atoms. The number of nitrogens with zero attached hydrogens (tertiary/aromatic N) is 1. The van der Waals surface area contributed by atoms with Gasteiger partial charge in [0.2, 0.25) is 11.5 Å². The van der Waals surface area contributed by atoms with Crippen molar-refractivity contribution >= 4 is 17.4 Å². The Kier molecular flexibility index (Phi) is 8.47. The van der Waals surface area contributed by atoms with E-state index in [0.717, 1.165) is 12.1 Å². The first-order chi connectivity index (χ1) is 17.2. The van der Waals surface area contributed by atoms with Gasteiger partial charge < -0.3 is 33.9 Å². The molecule has 2 aromatic carbocycles. The largest absolute Gasteiger partial charge is 0.872 e. The monoisotopic (exact) mass is 498 g/mol. The first kappa shape index (κ1) is 26.9. The highest BCUT2D eigenvalue weighted by Gasteiger charge is 2.44. The minimum Gasteiger partial charge on any atom is -0.872 e. The number of Topliss-reactive ketones (excluding diaryl/α,β-unsaturated/α-hetero) is 1. The molecule has 1 heterocycles. The fourth-order valence-corrected chi connectivity index (χ4v) is 4.48. The van der Waals surface area contributed by atoms with E-state index in [1.807, 2.05) is 21.0 Å². The number of ether oxygens (including phenoxy) is 4. The number of aryl methyl sites for hydroxylation is 1. The van der Waals surface area contributed by atoms with Crippen molar-refractivity contribution in [1.82, 2.24) is 4.90 Å². The van der Waals surface area contributed by atoms with Crippen molar-refractivity contribution in [3.05, 3.63) is 52.6 Å². The maximum Gasteiger partial charge on any atom is 0.295 e. The summed E-state index contributed by atoms with van der Waals surface area (Å²) < 4.78 is 21.7. The molecule has 194 valence electrons. The molecule has 9 nitrogen and oxygen atoms in total. The molecule has 2 aromatic rings. The average molecular weight is 499 g/mol. The Balaban J connectivity index is 2.23. The Morgan fingerprint density at radius 3 is 2.06 bits per heavy atom. The normalized spacial score (nSPS) is 17.0. The van der Waals surface area contributed by atoms with Crippen LogP contribution in [-0.4, -0.2) is 72.2 Å². The molecule has 3 rings (SSSR count). The number of carbonyl (C=O) groups excluding carboxylic acids is 2. The molecule has 1 N–H and O–H groups in total. The summed E-state index contributed by atoms with van der Waals surface area (Å²) >= 11 is 0. The standard InChI is InChI=1S/C27H34N2O7/c1-16-13-17(9-10-19(16)33-4)24(30)22-23(29(27(32)25(22)31)12-8-11-28(2)3)18-14-20(34-5)26(36-7)21(15-18)35-6/h9-10,13-15,23,30H,8,11-12H2,1-7H3/b24-22+. The van der Waals surface area contributed by atoms with Gasteiger partial charge in [-0.15, -0.1) is 0 Å². The lowest BCUT2D eigenvalue weighted by atomic mass is 9.94. The number of ketones is 1. The summed E-state index contributed by atoms with van der Waals surface area (Å²) in [6.45, 7) is 2.92. The Morgan fingerprint density at radius 1 is 0.944 bits per heavy atom. The van der Waals surface area contributed by atoms with Crippen LogP contribution in [0.25, 0.3) is 5.76 Å². The van der Waals surface area contributed by atoms with Crippen LogP contribution in [0.5, 0.6) is 23.0 Å². The van der Waals surface area contributed by atoms with Crippen LogP contribution in [0.15, 0.2) is 35.9 Å². The summed E-state index contributed by atoms with van der Waals surface area (Å²) in [7, 11) is 10.0. The van der Waals surface area contributed by atoms with E-state index in [4.69, 9.17) is 18.9 Å². The van der Waals surface area contributed by atoms with E-state index in [1.54, 1.807) is 37.4 Å². The van der Waals surface area contributed by atoms with Crippen LogP contribution in [0.2, 0.25) is 0 Å². The first-order valence-corrected chi connectivity index (χ1v) is 11.7. The van der Waals surface area contributed by atoms with Gasteiger partial charge in [0.25, 0.3) is 5.91 Å². The maximum atomic E-state index is 13.7. The third-order valence-electron chi connectivity index (χ3n) is 6.27. The van der Waals surface area contributed by atoms with Crippen molar-refractivity contribution in [2.24, 2.45) is 0 Å². The number of nitrogens with one attached hydrogen (secondary N) is 1. The van der Waals surface area contributed by atoms with Crippen LogP contribution < -0.4 is 29.0 Å². The highest BCUT2D eigenvalue weighted by Crippen LogP contribution is 2.45. The van der Waals surface area contributed by atoms with E-state index in [9.17, 15) is 14.7 Å². The molecule has 36 heavy (non-hydrogen) atoms. The zero-order chi connectivity index (χ0) is 26.6. The molecule has 1 unspecified atom stereocenters. The van der Waals surface area contributed by atoms with Gasteiger partial charge in [-0.1, -0.05) is 11.8 Å². The van der Waals surface area contributed by atoms with Gasteiger partial charge in [0.15, 0.2) is 11.5 Å². The zero-order valence-electron chi connectivity index (χ0n) is 21.9. The number of quaternary nitrogens is 1. The van der Waals surface area contributed by atoms with Gasteiger partial charge in [-0.3, -0.25) is 9.59 Å². The number of carbonyl (C=O) groups is 2. The smallest absolute Gasteiger partial charge is 0.295 e. The highest BCUT2D eigenvalue weighted by atomic mass is 16.5. The van der Waals surface area contributed by atoms with Crippen molar-refractivity contribution in [1.29, 1.82) is 0 Å². The van der Waals surface area contributed by atoms with Crippen LogP contribution in [-0.2, 0) is 9.59 Å². The predicted octanol–water partition coefficient (Wildman–Crippen LogP) is 0.788. The Morgan fingerprint density at radius 2 is 1.56 bits per heavy atom. The van der Waals surface area contributed by atoms with Crippen LogP contribution in [0.1, 0.15) is 29.2 Å². The van der Waals surface area contributed by atoms with Gasteiger partial charge in [-0.2, -0.15) is 0 Å². The maximum absolute atomic E-state index is 13.7. The molecule has 1 amide bonds. The van der Waals surface area contributed by atoms with E-state index in [1.165, 1.54) is 31.1 Å². The number of benzene rings is 2. The lowest BCUT2D eigenvalue weighted by Gasteiger charge is -2.28. The molecule has 1 atom stereocenters. The highest BCUT2D eigenvalue weighted by molar-refractivity contribution is 6.46. The fraction of sp³-hybridized carbons (Fsp3) is 0.407. The molecule has 1 aliphatic rings. The topological polar surface area (TPSA) is 102 Å². The number of hydrogen-bond donors (Lipinski definition) is 1. The second kappa shape index (κ2) is 11.3. The number of methoxy groups -OCH3 is 4. The lowest BCUT2D eigenvalue weighted by Crippen LogP contribution is -3.05. The molecule has 0 spiro atoms. The minimum atomic E-state index is -0.897.